The molecule has 16 rings (SSSR count). The highest BCUT2D eigenvalue weighted by molar-refractivity contribution is 6.62. The first kappa shape index (κ1) is 31.0. The van der Waals surface area contributed by atoms with E-state index in [1.807, 2.05) is 0 Å². The van der Waals surface area contributed by atoms with Gasteiger partial charge >= 0.3 is 0 Å². The monoisotopic (exact) mass is 756 g/mol. The predicted octanol–water partition coefficient (Wildman–Crippen LogP) is 17.4. The van der Waals surface area contributed by atoms with Crippen LogP contribution in [0.1, 0.15) is 33.4 Å². The highest BCUT2D eigenvalue weighted by atomic mass is 14.4. The maximum atomic E-state index is 2.52. The summed E-state index contributed by atoms with van der Waals surface area (Å²) in [7, 11) is 0. The second kappa shape index (κ2) is 9.54. The molecular weight excluding hydrogens is 721 g/mol. The standard InChI is InChI=1S/C60H36/c1-25-19-27(3)41(28(4)20-25)49-37-15-11-31-7-9-33-24-36-14-18-40-50(42-29(5)21-26(2)22-30(42)6)38-16-12-32-8-10-34-23-35-13-17-39(49)53-47(35)55-46(34)44(32)52(38)58-54(40)48(36)56-45(33)43(31)51(37)57(53)59(56)60(55)58/h7-24H,1-6H3. The molecule has 0 amide bonds. The lowest BCUT2D eigenvalue weighted by atomic mass is 9.71. The van der Waals surface area contributed by atoms with E-state index in [4.69, 9.17) is 0 Å². The molecule has 0 spiro atoms. The molecule has 0 saturated carbocycles. The largest absolute Gasteiger partial charge is 0.0557 e. The van der Waals surface area contributed by atoms with E-state index in [0.717, 1.165) is 0 Å². The first-order valence-corrected chi connectivity index (χ1v) is 21.7. The average Bonchev–Trinajstić information content (AvgIpc) is 3.23. The van der Waals surface area contributed by atoms with Crippen molar-refractivity contribution in [3.8, 4) is 22.3 Å². The van der Waals surface area contributed by atoms with Gasteiger partial charge in [0.1, 0.15) is 0 Å². The summed E-state index contributed by atoms with van der Waals surface area (Å²) < 4.78 is 0. The van der Waals surface area contributed by atoms with Crippen molar-refractivity contribution in [2.45, 2.75) is 41.5 Å². The minimum absolute atomic E-state index is 1.32. The zero-order chi connectivity index (χ0) is 39.5. The van der Waals surface area contributed by atoms with Crippen LogP contribution in [0.3, 0.4) is 0 Å². The molecule has 0 unspecified atom stereocenters. The van der Waals surface area contributed by atoms with Crippen LogP contribution in [0.5, 0.6) is 0 Å². The molecule has 0 aliphatic rings. The third-order valence-corrected chi connectivity index (χ3v) is 15.7. The quantitative estimate of drug-likeness (QED) is 0.122. The molecule has 0 heteroatoms. The normalized spacial score (nSPS) is 13.5. The van der Waals surface area contributed by atoms with Crippen LogP contribution >= 0.6 is 0 Å². The van der Waals surface area contributed by atoms with E-state index >= 15 is 0 Å². The predicted molar refractivity (Wildman–Crippen MR) is 263 cm³/mol. The molecule has 0 N–H and O–H groups in total. The fourth-order valence-electron chi connectivity index (χ4n) is 14.1. The molecule has 0 saturated heterocycles. The van der Waals surface area contributed by atoms with Gasteiger partial charge in [-0.25, -0.2) is 0 Å². The van der Waals surface area contributed by atoms with Gasteiger partial charge in [-0.1, -0.05) is 108 Å². The Morgan fingerprint density at radius 2 is 0.433 bits per heavy atom. The molecule has 0 radical (unpaired) electrons. The molecule has 0 fully saturated rings. The molecule has 0 bridgehead atoms. The summed E-state index contributed by atoms with van der Waals surface area (Å²) >= 11 is 0. The Balaban J connectivity index is 1.33. The number of benzene rings is 16. The van der Waals surface area contributed by atoms with E-state index in [2.05, 4.69) is 151 Å². The molecule has 0 nitrogen and oxygen atoms in total. The van der Waals surface area contributed by atoms with E-state index in [1.165, 1.54) is 196 Å². The summed E-state index contributed by atoms with van der Waals surface area (Å²) in [5.41, 5.74) is 13.6. The molecular formula is C60H36. The zero-order valence-electron chi connectivity index (χ0n) is 34.4. The maximum Gasteiger partial charge on any atom is -0.00000226 e. The highest BCUT2D eigenvalue weighted by Gasteiger charge is 2.34. The van der Waals surface area contributed by atoms with Gasteiger partial charge in [0, 0.05) is 0 Å². The van der Waals surface area contributed by atoms with Gasteiger partial charge < -0.3 is 0 Å². The Labute approximate surface area is 344 Å². The van der Waals surface area contributed by atoms with Gasteiger partial charge in [-0.2, -0.15) is 0 Å². The van der Waals surface area contributed by atoms with Crippen LogP contribution in [0.4, 0.5) is 0 Å². The SMILES string of the molecule is Cc1cc(C)c(-c2c3ccc4ccc5cc6ccc7c(-c8c(C)cc(C)cc8C)c8ccc9ccc%10cc%11ccc2c2c%11c%11c%10c9c8c8c7c6c6c5c4c3c2c6c%118)c(C)c1. The number of rotatable bonds is 2. The number of aryl methyl sites for hydroxylation is 6. The fourth-order valence-corrected chi connectivity index (χ4v) is 14.1. The summed E-state index contributed by atoms with van der Waals surface area (Å²) in [6, 6.07) is 43.8. The minimum Gasteiger partial charge on any atom is -0.0557 e. The maximum absolute atomic E-state index is 2.52. The molecule has 60 heavy (non-hydrogen) atoms. The van der Waals surface area contributed by atoms with Crippen molar-refractivity contribution in [2.75, 3.05) is 0 Å². The van der Waals surface area contributed by atoms with Crippen molar-refractivity contribution in [3.05, 3.63) is 143 Å². The van der Waals surface area contributed by atoms with Gasteiger partial charge in [0.25, 0.3) is 0 Å². The summed E-state index contributed by atoms with van der Waals surface area (Å²) in [5.74, 6) is 0. The van der Waals surface area contributed by atoms with E-state index in [-0.39, 0.29) is 0 Å². The Kier molecular flexibility index (Phi) is 4.93. The van der Waals surface area contributed by atoms with Crippen LogP contribution in [0.2, 0.25) is 0 Å². The smallest absolute Gasteiger partial charge is 0.00000226 e. The van der Waals surface area contributed by atoms with Crippen LogP contribution in [0.25, 0.3) is 162 Å². The van der Waals surface area contributed by atoms with Crippen molar-refractivity contribution < 1.29 is 0 Å². The van der Waals surface area contributed by atoms with Crippen molar-refractivity contribution in [3.63, 3.8) is 0 Å². The first-order valence-electron chi connectivity index (χ1n) is 21.7. The van der Waals surface area contributed by atoms with Crippen molar-refractivity contribution in [1.82, 2.24) is 0 Å². The van der Waals surface area contributed by atoms with E-state index in [9.17, 15) is 0 Å². The lowest BCUT2D eigenvalue weighted by Gasteiger charge is -2.31. The van der Waals surface area contributed by atoms with Crippen molar-refractivity contribution in [2.24, 2.45) is 0 Å². The Hall–Kier alpha value is -7.02. The van der Waals surface area contributed by atoms with Crippen LogP contribution < -0.4 is 0 Å². The number of hydrogen-bond donors (Lipinski definition) is 0. The second-order valence-electron chi connectivity index (χ2n) is 19.0. The average molecular weight is 757 g/mol. The summed E-state index contributed by atoms with van der Waals surface area (Å²) in [6.45, 7) is 13.8. The molecule has 0 heterocycles. The van der Waals surface area contributed by atoms with Crippen LogP contribution in [0.15, 0.2) is 109 Å². The second-order valence-corrected chi connectivity index (χ2v) is 19.0. The van der Waals surface area contributed by atoms with E-state index in [1.54, 1.807) is 0 Å². The molecule has 276 valence electrons. The number of hydrogen-bond acceptors (Lipinski definition) is 0. The van der Waals surface area contributed by atoms with Gasteiger partial charge in [-0.15, -0.1) is 0 Å². The van der Waals surface area contributed by atoms with Crippen molar-refractivity contribution in [1.29, 1.82) is 0 Å². The van der Waals surface area contributed by atoms with Crippen molar-refractivity contribution >= 4 is 140 Å². The fraction of sp³-hybridized carbons (Fsp3) is 0.100. The Morgan fingerprint density at radius 3 is 0.783 bits per heavy atom. The van der Waals surface area contributed by atoms with Gasteiger partial charge in [0.2, 0.25) is 0 Å². The van der Waals surface area contributed by atoms with E-state index < -0.39 is 0 Å². The highest BCUT2D eigenvalue weighted by Crippen LogP contribution is 2.63. The molecule has 0 atom stereocenters. The summed E-state index contributed by atoms with van der Waals surface area (Å²) in [5, 5.41) is 36.8. The van der Waals surface area contributed by atoms with Gasteiger partial charge in [0.05, 0.1) is 0 Å². The molecule has 16 aromatic carbocycles. The van der Waals surface area contributed by atoms with Crippen LogP contribution in [0, 0.1) is 41.5 Å². The van der Waals surface area contributed by atoms with Crippen LogP contribution in [-0.4, -0.2) is 0 Å². The Bertz CT molecular complexity index is 4210. The molecule has 0 aromatic heterocycles. The zero-order valence-corrected chi connectivity index (χ0v) is 34.4. The van der Waals surface area contributed by atoms with Gasteiger partial charge in [-0.05, 0) is 238 Å². The topological polar surface area (TPSA) is 0 Å². The third kappa shape index (κ3) is 3.09. The van der Waals surface area contributed by atoms with Crippen LogP contribution in [-0.2, 0) is 0 Å². The molecule has 0 aliphatic heterocycles. The Morgan fingerprint density at radius 1 is 0.200 bits per heavy atom. The molecule has 0 aliphatic carbocycles. The lowest BCUT2D eigenvalue weighted by Crippen LogP contribution is -2.03. The van der Waals surface area contributed by atoms with Gasteiger partial charge in [-0.3, -0.25) is 0 Å². The minimum atomic E-state index is 1.32. The van der Waals surface area contributed by atoms with E-state index in [0.29, 0.717) is 0 Å². The van der Waals surface area contributed by atoms with Gasteiger partial charge in [0.15, 0.2) is 0 Å². The summed E-state index contributed by atoms with van der Waals surface area (Å²) in [4.78, 5) is 0. The third-order valence-electron chi connectivity index (χ3n) is 15.7. The summed E-state index contributed by atoms with van der Waals surface area (Å²) in [6.07, 6.45) is 0. The first-order chi connectivity index (χ1) is 29.3. The lowest BCUT2D eigenvalue weighted by molar-refractivity contribution is 1.33. The molecule has 16 aromatic rings.